The van der Waals surface area contributed by atoms with Gasteiger partial charge in [-0.15, -0.1) is 0 Å². The average Bonchev–Trinajstić information content (AvgIpc) is 2.45. The molecule has 0 spiro atoms. The SMILES string of the molecule is CS(=O)(=O)N1CCCC(COc2ccc(CN)c(Cl)c2)C1. The number of piperidine rings is 1. The van der Waals surface area contributed by atoms with E-state index in [1.54, 1.807) is 6.07 Å². The fourth-order valence-corrected chi connectivity index (χ4v) is 3.65. The largest absolute Gasteiger partial charge is 0.493 e. The van der Waals surface area contributed by atoms with Gasteiger partial charge in [0, 0.05) is 30.6 Å². The molecule has 1 atom stereocenters. The van der Waals surface area contributed by atoms with Crippen molar-refractivity contribution in [1.29, 1.82) is 0 Å². The van der Waals surface area contributed by atoms with Crippen molar-refractivity contribution in [2.45, 2.75) is 19.4 Å². The standard InChI is InChI=1S/C14H21ClN2O3S/c1-21(18,19)17-6-2-3-11(9-17)10-20-13-5-4-12(8-16)14(15)7-13/h4-5,7,11H,2-3,6,8-10,16H2,1H3. The van der Waals surface area contributed by atoms with Crippen molar-refractivity contribution in [2.75, 3.05) is 26.0 Å². The van der Waals surface area contributed by atoms with Gasteiger partial charge < -0.3 is 10.5 Å². The number of ether oxygens (including phenoxy) is 1. The molecule has 0 amide bonds. The Balaban J connectivity index is 1.92. The highest BCUT2D eigenvalue weighted by atomic mass is 35.5. The molecule has 0 saturated carbocycles. The first-order valence-corrected chi connectivity index (χ1v) is 9.19. The Kier molecular flexibility index (Phi) is 5.48. The van der Waals surface area contributed by atoms with Gasteiger partial charge in [-0.1, -0.05) is 17.7 Å². The number of nitrogens with zero attached hydrogens (tertiary/aromatic N) is 1. The van der Waals surface area contributed by atoms with E-state index in [0.717, 1.165) is 18.4 Å². The molecule has 1 saturated heterocycles. The Morgan fingerprint density at radius 1 is 1.48 bits per heavy atom. The number of halogens is 1. The van der Waals surface area contributed by atoms with Gasteiger partial charge in [-0.05, 0) is 30.5 Å². The van der Waals surface area contributed by atoms with Gasteiger partial charge >= 0.3 is 0 Å². The summed E-state index contributed by atoms with van der Waals surface area (Å²) < 4.78 is 30.4. The summed E-state index contributed by atoms with van der Waals surface area (Å²) in [7, 11) is -3.11. The topological polar surface area (TPSA) is 72.6 Å². The number of hydrogen-bond acceptors (Lipinski definition) is 4. The van der Waals surface area contributed by atoms with Crippen molar-refractivity contribution in [3.8, 4) is 5.75 Å². The van der Waals surface area contributed by atoms with Gasteiger partial charge in [0.1, 0.15) is 5.75 Å². The number of nitrogens with two attached hydrogens (primary N) is 1. The molecule has 21 heavy (non-hydrogen) atoms. The molecule has 0 bridgehead atoms. The molecule has 0 aromatic heterocycles. The predicted molar refractivity (Wildman–Crippen MR) is 84.0 cm³/mol. The van der Waals surface area contributed by atoms with Gasteiger partial charge in [0.15, 0.2) is 0 Å². The summed E-state index contributed by atoms with van der Waals surface area (Å²) in [5.41, 5.74) is 6.44. The quantitative estimate of drug-likeness (QED) is 0.893. The molecule has 1 aromatic carbocycles. The molecule has 2 rings (SSSR count). The Morgan fingerprint density at radius 3 is 2.86 bits per heavy atom. The van der Waals surface area contributed by atoms with Crippen LogP contribution < -0.4 is 10.5 Å². The number of hydrogen-bond donors (Lipinski definition) is 1. The fraction of sp³-hybridized carbons (Fsp3) is 0.571. The maximum atomic E-state index is 11.6. The second-order valence-corrected chi connectivity index (χ2v) is 7.79. The maximum absolute atomic E-state index is 11.6. The Labute approximate surface area is 131 Å². The van der Waals surface area contributed by atoms with Crippen molar-refractivity contribution in [3.05, 3.63) is 28.8 Å². The van der Waals surface area contributed by atoms with E-state index in [4.69, 9.17) is 22.1 Å². The van der Waals surface area contributed by atoms with Crippen LogP contribution in [-0.4, -0.2) is 38.7 Å². The van der Waals surface area contributed by atoms with Crippen LogP contribution in [0.5, 0.6) is 5.75 Å². The van der Waals surface area contributed by atoms with Crippen molar-refractivity contribution in [1.82, 2.24) is 4.31 Å². The summed E-state index contributed by atoms with van der Waals surface area (Å²) >= 11 is 6.09. The molecule has 1 aliphatic heterocycles. The predicted octanol–water partition coefficient (Wildman–Crippen LogP) is 1.85. The zero-order chi connectivity index (χ0) is 15.5. The minimum Gasteiger partial charge on any atom is -0.493 e. The molecule has 118 valence electrons. The fourth-order valence-electron chi connectivity index (χ4n) is 2.46. The van der Waals surface area contributed by atoms with Gasteiger partial charge in [0.05, 0.1) is 12.9 Å². The van der Waals surface area contributed by atoms with Crippen molar-refractivity contribution >= 4 is 21.6 Å². The molecular weight excluding hydrogens is 312 g/mol. The lowest BCUT2D eigenvalue weighted by Gasteiger charge is -2.30. The van der Waals surface area contributed by atoms with Crippen LogP contribution in [0.1, 0.15) is 18.4 Å². The summed E-state index contributed by atoms with van der Waals surface area (Å²) in [5, 5.41) is 0.594. The van der Waals surface area contributed by atoms with Crippen molar-refractivity contribution in [3.63, 3.8) is 0 Å². The Bertz CT molecular complexity index is 592. The highest BCUT2D eigenvalue weighted by Gasteiger charge is 2.26. The molecule has 1 unspecified atom stereocenters. The first-order chi connectivity index (χ1) is 9.90. The summed E-state index contributed by atoms with van der Waals surface area (Å²) in [6.45, 7) is 2.01. The third-order valence-electron chi connectivity index (χ3n) is 3.68. The van der Waals surface area contributed by atoms with E-state index >= 15 is 0 Å². The highest BCUT2D eigenvalue weighted by Crippen LogP contribution is 2.24. The minimum atomic E-state index is -3.11. The van der Waals surface area contributed by atoms with Gasteiger partial charge in [0.25, 0.3) is 0 Å². The second-order valence-electron chi connectivity index (χ2n) is 5.40. The molecule has 1 fully saturated rings. The minimum absolute atomic E-state index is 0.210. The molecule has 7 heteroatoms. The van der Waals surface area contributed by atoms with Crippen LogP contribution in [-0.2, 0) is 16.6 Å². The summed E-state index contributed by atoms with van der Waals surface area (Å²) in [6.07, 6.45) is 3.09. The van der Waals surface area contributed by atoms with Crippen LogP contribution in [0.3, 0.4) is 0 Å². The number of benzene rings is 1. The van der Waals surface area contributed by atoms with E-state index in [1.165, 1.54) is 10.6 Å². The summed E-state index contributed by atoms with van der Waals surface area (Å²) in [5.74, 6) is 0.898. The normalized spacial score (nSPS) is 20.4. The third kappa shape index (κ3) is 4.57. The van der Waals surface area contributed by atoms with Crippen LogP contribution in [0.15, 0.2) is 18.2 Å². The van der Waals surface area contributed by atoms with E-state index in [-0.39, 0.29) is 5.92 Å². The van der Waals surface area contributed by atoms with Gasteiger partial charge in [-0.25, -0.2) is 12.7 Å². The zero-order valence-corrected chi connectivity index (χ0v) is 13.7. The molecule has 0 aliphatic carbocycles. The molecule has 1 aromatic rings. The lowest BCUT2D eigenvalue weighted by atomic mass is 10.0. The average molecular weight is 333 g/mol. The van der Waals surface area contributed by atoms with Crippen LogP contribution in [0.2, 0.25) is 5.02 Å². The van der Waals surface area contributed by atoms with Gasteiger partial charge in [0.2, 0.25) is 10.0 Å². The summed E-state index contributed by atoms with van der Waals surface area (Å²) in [6, 6.07) is 5.44. The van der Waals surface area contributed by atoms with Crippen LogP contribution in [0.4, 0.5) is 0 Å². The van der Waals surface area contributed by atoms with Crippen LogP contribution >= 0.6 is 11.6 Å². The lowest BCUT2D eigenvalue weighted by molar-refractivity contribution is 0.180. The summed E-state index contributed by atoms with van der Waals surface area (Å²) in [4.78, 5) is 0. The smallest absolute Gasteiger partial charge is 0.211 e. The van der Waals surface area contributed by atoms with E-state index in [9.17, 15) is 8.42 Å². The van der Waals surface area contributed by atoms with Gasteiger partial charge in [-0.2, -0.15) is 0 Å². The van der Waals surface area contributed by atoms with E-state index in [2.05, 4.69) is 0 Å². The van der Waals surface area contributed by atoms with E-state index in [0.29, 0.717) is 37.0 Å². The molecule has 1 aliphatic rings. The monoisotopic (exact) mass is 332 g/mol. The maximum Gasteiger partial charge on any atom is 0.211 e. The Hall–Kier alpha value is -0.820. The molecular formula is C14H21ClN2O3S. The van der Waals surface area contributed by atoms with E-state index in [1.807, 2.05) is 12.1 Å². The second kappa shape index (κ2) is 6.96. The van der Waals surface area contributed by atoms with Crippen molar-refractivity contribution < 1.29 is 13.2 Å². The van der Waals surface area contributed by atoms with Crippen LogP contribution in [0, 0.1) is 5.92 Å². The molecule has 0 radical (unpaired) electrons. The Morgan fingerprint density at radius 2 is 2.24 bits per heavy atom. The molecule has 2 N–H and O–H groups in total. The van der Waals surface area contributed by atoms with E-state index < -0.39 is 10.0 Å². The van der Waals surface area contributed by atoms with Crippen molar-refractivity contribution in [2.24, 2.45) is 11.7 Å². The number of sulfonamides is 1. The van der Waals surface area contributed by atoms with Gasteiger partial charge in [-0.3, -0.25) is 0 Å². The van der Waals surface area contributed by atoms with Crippen LogP contribution in [0.25, 0.3) is 0 Å². The number of rotatable bonds is 5. The third-order valence-corrected chi connectivity index (χ3v) is 5.30. The zero-order valence-electron chi connectivity index (χ0n) is 12.1. The highest BCUT2D eigenvalue weighted by molar-refractivity contribution is 7.88. The lowest BCUT2D eigenvalue weighted by Crippen LogP contribution is -2.40. The molecule has 5 nitrogen and oxygen atoms in total. The molecule has 1 heterocycles. The first-order valence-electron chi connectivity index (χ1n) is 6.96. The first kappa shape index (κ1) is 16.5.